The maximum Gasteiger partial charge on any atom is 0.220 e. The van der Waals surface area contributed by atoms with E-state index in [1.54, 1.807) is 12.3 Å². The predicted octanol–water partition coefficient (Wildman–Crippen LogP) is 3.06. The molecule has 0 aromatic carbocycles. The molecule has 0 bridgehead atoms. The topological polar surface area (TPSA) is 81.6 Å². The van der Waals surface area contributed by atoms with Crippen molar-refractivity contribution in [2.75, 3.05) is 37.6 Å². The van der Waals surface area contributed by atoms with E-state index in [-0.39, 0.29) is 41.7 Å². The third-order valence-corrected chi connectivity index (χ3v) is 5.81. The molecule has 1 unspecified atom stereocenters. The van der Waals surface area contributed by atoms with Crippen molar-refractivity contribution < 1.29 is 9.18 Å². The molecular weight excluding hydrogens is 510 g/mol. The number of amides is 1. The number of nitrogens with one attached hydrogen (secondary N) is 3. The van der Waals surface area contributed by atoms with E-state index in [4.69, 9.17) is 0 Å². The Morgan fingerprint density at radius 3 is 2.81 bits per heavy atom. The highest BCUT2D eigenvalue weighted by atomic mass is 127. The summed E-state index contributed by atoms with van der Waals surface area (Å²) in [6, 6.07) is 3.22. The van der Waals surface area contributed by atoms with Gasteiger partial charge in [-0.05, 0) is 44.2 Å². The highest BCUT2D eigenvalue weighted by molar-refractivity contribution is 14.0. The van der Waals surface area contributed by atoms with E-state index in [2.05, 4.69) is 25.9 Å². The standard InChI is InChI=1S/C22H35FN6O.HI/c1-2-24-22(27-13-12-25-20(30)15-17-7-4-3-5-8-17)28-18-10-14-29(16-18)21-19(23)9-6-11-26-21;/h6,9,11,17-18H,2-5,7-8,10,12-16H2,1H3,(H,25,30)(H2,24,27,28);1H. The Morgan fingerprint density at radius 2 is 2.06 bits per heavy atom. The van der Waals surface area contributed by atoms with Crippen LogP contribution in [0.5, 0.6) is 0 Å². The van der Waals surface area contributed by atoms with Gasteiger partial charge in [-0.2, -0.15) is 0 Å². The van der Waals surface area contributed by atoms with Crippen molar-refractivity contribution >= 4 is 41.7 Å². The number of carbonyl (C=O) groups is 1. The summed E-state index contributed by atoms with van der Waals surface area (Å²) in [4.78, 5) is 22.8. The van der Waals surface area contributed by atoms with Crippen LogP contribution in [0.2, 0.25) is 0 Å². The summed E-state index contributed by atoms with van der Waals surface area (Å²) >= 11 is 0. The van der Waals surface area contributed by atoms with Crippen LogP contribution in [0.15, 0.2) is 23.3 Å². The molecular formula is C22H36FIN6O. The molecule has 174 valence electrons. The van der Waals surface area contributed by atoms with Crippen LogP contribution in [-0.2, 0) is 4.79 Å². The van der Waals surface area contributed by atoms with E-state index in [0.717, 1.165) is 25.5 Å². The molecule has 3 rings (SSSR count). The number of hydrogen-bond acceptors (Lipinski definition) is 4. The number of halogens is 2. The lowest BCUT2D eigenvalue weighted by Gasteiger charge is -2.21. The van der Waals surface area contributed by atoms with Crippen molar-refractivity contribution in [1.29, 1.82) is 0 Å². The highest BCUT2D eigenvalue weighted by Gasteiger charge is 2.26. The van der Waals surface area contributed by atoms with Crippen molar-refractivity contribution in [2.24, 2.45) is 10.9 Å². The van der Waals surface area contributed by atoms with Crippen molar-refractivity contribution in [3.8, 4) is 0 Å². The number of nitrogens with zero attached hydrogens (tertiary/aromatic N) is 3. The fourth-order valence-corrected chi connectivity index (χ4v) is 4.28. The zero-order valence-electron chi connectivity index (χ0n) is 18.4. The van der Waals surface area contributed by atoms with E-state index in [9.17, 15) is 9.18 Å². The number of rotatable bonds is 8. The number of aliphatic imine (C=N–C) groups is 1. The van der Waals surface area contributed by atoms with E-state index in [1.165, 1.54) is 38.2 Å². The lowest BCUT2D eigenvalue weighted by Crippen LogP contribution is -2.45. The second kappa shape index (κ2) is 13.7. The molecule has 1 aromatic heterocycles. The summed E-state index contributed by atoms with van der Waals surface area (Å²) in [7, 11) is 0. The largest absolute Gasteiger partial charge is 0.357 e. The minimum absolute atomic E-state index is 0. The van der Waals surface area contributed by atoms with Gasteiger partial charge in [-0.1, -0.05) is 19.3 Å². The van der Waals surface area contributed by atoms with Crippen molar-refractivity contribution in [2.45, 2.75) is 57.9 Å². The molecule has 1 atom stereocenters. The number of anilines is 1. The average molecular weight is 546 g/mol. The minimum atomic E-state index is -0.289. The van der Waals surface area contributed by atoms with Crippen LogP contribution in [0.3, 0.4) is 0 Å². The first-order chi connectivity index (χ1) is 14.7. The summed E-state index contributed by atoms with van der Waals surface area (Å²) in [6.45, 7) is 5.27. The van der Waals surface area contributed by atoms with Gasteiger partial charge in [0.25, 0.3) is 0 Å². The fourth-order valence-electron chi connectivity index (χ4n) is 4.28. The van der Waals surface area contributed by atoms with Crippen LogP contribution < -0.4 is 20.9 Å². The maximum atomic E-state index is 14.0. The lowest BCUT2D eigenvalue weighted by atomic mass is 9.87. The first-order valence-electron chi connectivity index (χ1n) is 11.3. The summed E-state index contributed by atoms with van der Waals surface area (Å²) in [5, 5.41) is 9.67. The molecule has 9 heteroatoms. The summed E-state index contributed by atoms with van der Waals surface area (Å²) in [5.74, 6) is 1.54. The number of guanidine groups is 1. The Morgan fingerprint density at radius 1 is 1.26 bits per heavy atom. The molecule has 1 amide bonds. The monoisotopic (exact) mass is 546 g/mol. The zero-order valence-corrected chi connectivity index (χ0v) is 20.7. The van der Waals surface area contributed by atoms with Crippen LogP contribution in [0, 0.1) is 11.7 Å². The van der Waals surface area contributed by atoms with E-state index in [1.807, 2.05) is 11.8 Å². The fraction of sp³-hybridized carbons (Fsp3) is 0.682. The van der Waals surface area contributed by atoms with E-state index in [0.29, 0.717) is 37.8 Å². The second-order valence-electron chi connectivity index (χ2n) is 8.20. The van der Waals surface area contributed by atoms with Crippen LogP contribution >= 0.6 is 24.0 Å². The Kier molecular flexibility index (Phi) is 11.3. The summed E-state index contributed by atoms with van der Waals surface area (Å²) in [6.07, 6.45) is 9.33. The smallest absolute Gasteiger partial charge is 0.220 e. The number of aromatic nitrogens is 1. The maximum absolute atomic E-state index is 14.0. The van der Waals surface area contributed by atoms with E-state index < -0.39 is 0 Å². The molecule has 1 aromatic rings. The van der Waals surface area contributed by atoms with Gasteiger partial charge < -0.3 is 20.9 Å². The van der Waals surface area contributed by atoms with Gasteiger partial charge in [0.1, 0.15) is 0 Å². The normalized spacial score (nSPS) is 19.6. The Hall–Kier alpha value is -1.65. The van der Waals surface area contributed by atoms with Gasteiger partial charge in [-0.25, -0.2) is 9.37 Å². The van der Waals surface area contributed by atoms with Crippen LogP contribution in [0.25, 0.3) is 0 Å². The zero-order chi connectivity index (χ0) is 21.2. The third-order valence-electron chi connectivity index (χ3n) is 5.81. The first kappa shape index (κ1) is 25.6. The lowest BCUT2D eigenvalue weighted by molar-refractivity contribution is -0.122. The Bertz CT molecular complexity index is 713. The third kappa shape index (κ3) is 8.42. The minimum Gasteiger partial charge on any atom is -0.357 e. The molecule has 1 aliphatic heterocycles. The van der Waals surface area contributed by atoms with Gasteiger partial charge in [-0.15, -0.1) is 24.0 Å². The van der Waals surface area contributed by atoms with Crippen molar-refractivity contribution in [3.05, 3.63) is 24.1 Å². The molecule has 31 heavy (non-hydrogen) atoms. The predicted molar refractivity (Wildman–Crippen MR) is 134 cm³/mol. The molecule has 2 heterocycles. The molecule has 2 fully saturated rings. The molecule has 0 spiro atoms. The summed E-state index contributed by atoms with van der Waals surface area (Å²) < 4.78 is 14.0. The molecule has 3 N–H and O–H groups in total. The molecule has 1 saturated heterocycles. The van der Waals surface area contributed by atoms with Gasteiger partial charge in [0.05, 0.1) is 6.54 Å². The average Bonchev–Trinajstić information content (AvgIpc) is 3.20. The van der Waals surface area contributed by atoms with E-state index >= 15 is 0 Å². The van der Waals surface area contributed by atoms with Crippen LogP contribution in [0.4, 0.5) is 10.2 Å². The highest BCUT2D eigenvalue weighted by Crippen LogP contribution is 2.26. The van der Waals surface area contributed by atoms with Crippen molar-refractivity contribution in [3.63, 3.8) is 0 Å². The van der Waals surface area contributed by atoms with Gasteiger partial charge in [-0.3, -0.25) is 9.79 Å². The molecule has 7 nitrogen and oxygen atoms in total. The van der Waals surface area contributed by atoms with Gasteiger partial charge >= 0.3 is 0 Å². The molecule has 1 aliphatic carbocycles. The van der Waals surface area contributed by atoms with Crippen LogP contribution in [0.1, 0.15) is 51.9 Å². The molecule has 0 radical (unpaired) electrons. The number of hydrogen-bond donors (Lipinski definition) is 3. The molecule has 2 aliphatic rings. The number of carbonyl (C=O) groups excluding carboxylic acids is 1. The quantitative estimate of drug-likeness (QED) is 0.202. The summed E-state index contributed by atoms with van der Waals surface area (Å²) in [5.41, 5.74) is 0. The second-order valence-corrected chi connectivity index (χ2v) is 8.20. The first-order valence-corrected chi connectivity index (χ1v) is 11.3. The van der Waals surface area contributed by atoms with Crippen LogP contribution in [-0.4, -0.2) is 55.6 Å². The molecule has 1 saturated carbocycles. The SMILES string of the molecule is CCNC(=NCCNC(=O)CC1CCCCC1)NC1CCN(c2ncccc2F)C1.I. The Balaban J connectivity index is 0.00000341. The van der Waals surface area contributed by atoms with Gasteiger partial charge in [0, 0.05) is 44.8 Å². The van der Waals surface area contributed by atoms with Gasteiger partial charge in [0.2, 0.25) is 5.91 Å². The Labute approximate surface area is 202 Å². The van der Waals surface area contributed by atoms with Crippen molar-refractivity contribution in [1.82, 2.24) is 20.9 Å². The number of pyridine rings is 1. The van der Waals surface area contributed by atoms with Gasteiger partial charge in [0.15, 0.2) is 17.6 Å².